The molecule has 2 aromatic rings. The van der Waals surface area contributed by atoms with E-state index in [1.807, 2.05) is 6.92 Å². The number of anilines is 2. The van der Waals surface area contributed by atoms with Gasteiger partial charge in [-0.2, -0.15) is 18.3 Å². The second-order valence-corrected chi connectivity index (χ2v) is 4.10. The van der Waals surface area contributed by atoms with Crippen molar-refractivity contribution in [3.05, 3.63) is 17.4 Å². The van der Waals surface area contributed by atoms with Gasteiger partial charge in [-0.3, -0.25) is 4.68 Å². The average molecular weight is 263 g/mol. The van der Waals surface area contributed by atoms with Gasteiger partial charge in [0.1, 0.15) is 0 Å². The Balaban J connectivity index is 2.11. The van der Waals surface area contributed by atoms with Crippen LogP contribution in [0.15, 0.2) is 12.4 Å². The van der Waals surface area contributed by atoms with E-state index in [4.69, 9.17) is 0 Å². The van der Waals surface area contributed by atoms with Crippen LogP contribution in [0.25, 0.3) is 0 Å². The van der Waals surface area contributed by atoms with Crippen molar-refractivity contribution in [2.75, 3.05) is 5.32 Å². The van der Waals surface area contributed by atoms with Crippen LogP contribution in [0.3, 0.4) is 0 Å². The van der Waals surface area contributed by atoms with Crippen molar-refractivity contribution in [1.29, 1.82) is 0 Å². The maximum atomic E-state index is 12.3. The molecule has 0 unspecified atom stereocenters. The Kier molecular flexibility index (Phi) is 3.01. The van der Waals surface area contributed by atoms with Crippen molar-refractivity contribution in [1.82, 2.24) is 20.0 Å². The molecule has 0 amide bonds. The zero-order valence-electron chi connectivity index (χ0n) is 8.69. The van der Waals surface area contributed by atoms with E-state index in [1.165, 1.54) is 6.20 Å². The lowest BCUT2D eigenvalue weighted by Crippen LogP contribution is -2.03. The molecule has 0 aliphatic heterocycles. The summed E-state index contributed by atoms with van der Waals surface area (Å²) in [5.74, 6) is 0. The molecule has 2 heterocycles. The summed E-state index contributed by atoms with van der Waals surface area (Å²) in [7, 11) is 0. The van der Waals surface area contributed by atoms with E-state index < -0.39 is 11.2 Å². The molecule has 0 aliphatic rings. The van der Waals surface area contributed by atoms with Crippen LogP contribution in [0.2, 0.25) is 0 Å². The molecule has 0 aromatic carbocycles. The van der Waals surface area contributed by atoms with Gasteiger partial charge in [0.2, 0.25) is 10.1 Å². The summed E-state index contributed by atoms with van der Waals surface area (Å²) >= 11 is 0.456. The first-order chi connectivity index (χ1) is 7.99. The highest BCUT2D eigenvalue weighted by Gasteiger charge is 2.35. The molecule has 9 heteroatoms. The van der Waals surface area contributed by atoms with Crippen molar-refractivity contribution < 1.29 is 13.2 Å². The molecule has 0 bridgehead atoms. The summed E-state index contributed by atoms with van der Waals surface area (Å²) in [5, 5.41) is 12.3. The lowest BCUT2D eigenvalue weighted by molar-refractivity contribution is -0.138. The molecule has 0 atom stereocenters. The van der Waals surface area contributed by atoms with Crippen LogP contribution in [0.4, 0.5) is 24.0 Å². The topological polar surface area (TPSA) is 55.6 Å². The largest absolute Gasteiger partial charge is 0.445 e. The van der Waals surface area contributed by atoms with E-state index in [2.05, 4.69) is 20.6 Å². The quantitative estimate of drug-likeness (QED) is 0.924. The SMILES string of the molecule is CCn1cc(Nc2nnc(C(F)(F)F)s2)cn1. The van der Waals surface area contributed by atoms with Gasteiger partial charge in [0.05, 0.1) is 11.9 Å². The van der Waals surface area contributed by atoms with Crippen molar-refractivity contribution in [3.63, 3.8) is 0 Å². The van der Waals surface area contributed by atoms with E-state index in [0.717, 1.165) is 0 Å². The molecule has 0 saturated heterocycles. The zero-order valence-corrected chi connectivity index (χ0v) is 9.51. The second-order valence-electron chi connectivity index (χ2n) is 3.12. The third-order valence-electron chi connectivity index (χ3n) is 1.88. The number of halogens is 3. The van der Waals surface area contributed by atoms with Crippen LogP contribution in [0.5, 0.6) is 0 Å². The molecular formula is C8H8F3N5S. The molecule has 0 aliphatic carbocycles. The summed E-state index contributed by atoms with van der Waals surface area (Å²) in [6.45, 7) is 2.59. The van der Waals surface area contributed by atoms with Crippen LogP contribution < -0.4 is 5.32 Å². The number of aryl methyl sites for hydroxylation is 1. The minimum Gasteiger partial charge on any atom is -0.327 e. The summed E-state index contributed by atoms with van der Waals surface area (Å²) < 4.78 is 38.4. The van der Waals surface area contributed by atoms with Gasteiger partial charge in [0.25, 0.3) is 0 Å². The highest BCUT2D eigenvalue weighted by molar-refractivity contribution is 7.15. The summed E-state index contributed by atoms with van der Waals surface area (Å²) in [4.78, 5) is 0. The van der Waals surface area contributed by atoms with Crippen LogP contribution in [-0.4, -0.2) is 20.0 Å². The summed E-state index contributed by atoms with van der Waals surface area (Å²) in [5.41, 5.74) is 0.580. The number of nitrogens with zero attached hydrogens (tertiary/aromatic N) is 4. The minimum atomic E-state index is -4.45. The van der Waals surface area contributed by atoms with Crippen LogP contribution in [-0.2, 0) is 12.7 Å². The van der Waals surface area contributed by atoms with E-state index in [9.17, 15) is 13.2 Å². The molecule has 5 nitrogen and oxygen atoms in total. The van der Waals surface area contributed by atoms with Gasteiger partial charge >= 0.3 is 6.18 Å². The number of aromatic nitrogens is 4. The number of alkyl halides is 3. The van der Waals surface area contributed by atoms with Gasteiger partial charge in [-0.1, -0.05) is 11.3 Å². The third kappa shape index (κ3) is 2.73. The van der Waals surface area contributed by atoms with Gasteiger partial charge in [0.15, 0.2) is 0 Å². The zero-order chi connectivity index (χ0) is 12.5. The fourth-order valence-corrected chi connectivity index (χ4v) is 1.74. The first-order valence-corrected chi connectivity index (χ1v) is 5.51. The summed E-state index contributed by atoms with van der Waals surface area (Å²) in [6, 6.07) is 0. The van der Waals surface area contributed by atoms with Gasteiger partial charge < -0.3 is 5.32 Å². The summed E-state index contributed by atoms with van der Waals surface area (Å²) in [6.07, 6.45) is -1.27. The predicted molar refractivity (Wildman–Crippen MR) is 56.1 cm³/mol. The number of rotatable bonds is 3. The van der Waals surface area contributed by atoms with E-state index >= 15 is 0 Å². The fraction of sp³-hybridized carbons (Fsp3) is 0.375. The first-order valence-electron chi connectivity index (χ1n) is 4.69. The minimum absolute atomic E-state index is 0.0907. The molecule has 0 saturated carbocycles. The molecule has 0 spiro atoms. The molecule has 0 fully saturated rings. The lowest BCUT2D eigenvalue weighted by atomic mass is 10.6. The number of hydrogen-bond acceptors (Lipinski definition) is 5. The Morgan fingerprint density at radius 1 is 1.41 bits per heavy atom. The first kappa shape index (κ1) is 11.8. The van der Waals surface area contributed by atoms with E-state index in [0.29, 0.717) is 23.6 Å². The average Bonchev–Trinajstić information content (AvgIpc) is 2.86. The molecule has 92 valence electrons. The Morgan fingerprint density at radius 2 is 2.18 bits per heavy atom. The van der Waals surface area contributed by atoms with Gasteiger partial charge in [-0.25, -0.2) is 0 Å². The van der Waals surface area contributed by atoms with Crippen LogP contribution in [0, 0.1) is 0 Å². The van der Waals surface area contributed by atoms with Gasteiger partial charge in [0, 0.05) is 12.7 Å². The highest BCUT2D eigenvalue weighted by atomic mass is 32.1. The van der Waals surface area contributed by atoms with Gasteiger partial charge in [-0.15, -0.1) is 10.2 Å². The van der Waals surface area contributed by atoms with Crippen LogP contribution >= 0.6 is 11.3 Å². The third-order valence-corrected chi connectivity index (χ3v) is 2.76. The fourth-order valence-electron chi connectivity index (χ4n) is 1.11. The Labute approximate surface area is 98.3 Å². The maximum Gasteiger partial charge on any atom is 0.445 e. The van der Waals surface area contributed by atoms with Gasteiger partial charge in [-0.05, 0) is 6.92 Å². The van der Waals surface area contributed by atoms with Crippen molar-refractivity contribution >= 4 is 22.2 Å². The van der Waals surface area contributed by atoms with Crippen molar-refractivity contribution in [2.45, 2.75) is 19.6 Å². The molecule has 17 heavy (non-hydrogen) atoms. The second kappa shape index (κ2) is 4.32. The Morgan fingerprint density at radius 3 is 2.71 bits per heavy atom. The number of hydrogen-bond donors (Lipinski definition) is 1. The Bertz CT molecular complexity index is 503. The molecule has 2 rings (SSSR count). The van der Waals surface area contributed by atoms with Crippen molar-refractivity contribution in [3.8, 4) is 0 Å². The Hall–Kier alpha value is -1.64. The normalized spacial score (nSPS) is 11.8. The van der Waals surface area contributed by atoms with Crippen LogP contribution in [0.1, 0.15) is 11.9 Å². The molecular weight excluding hydrogens is 255 g/mol. The highest BCUT2D eigenvalue weighted by Crippen LogP contribution is 2.33. The maximum absolute atomic E-state index is 12.3. The molecule has 2 aromatic heterocycles. The molecule has 1 N–H and O–H groups in total. The smallest absolute Gasteiger partial charge is 0.327 e. The van der Waals surface area contributed by atoms with E-state index in [1.54, 1.807) is 10.9 Å². The van der Waals surface area contributed by atoms with Crippen molar-refractivity contribution in [2.24, 2.45) is 0 Å². The standard InChI is InChI=1S/C8H8F3N5S/c1-2-16-4-5(3-12-16)13-7-15-14-6(17-7)8(9,10)11/h3-4H,2H2,1H3,(H,13,15). The monoisotopic (exact) mass is 263 g/mol. The van der Waals surface area contributed by atoms with E-state index in [-0.39, 0.29) is 5.13 Å². The predicted octanol–water partition coefficient (Wildman–Crippen LogP) is 2.52. The lowest BCUT2D eigenvalue weighted by Gasteiger charge is -1.98. The molecule has 0 radical (unpaired) electrons. The number of nitrogens with one attached hydrogen (secondary N) is 1.